The summed E-state index contributed by atoms with van der Waals surface area (Å²) in [6, 6.07) is 0.168. The van der Waals surface area contributed by atoms with Crippen LogP contribution in [0.5, 0.6) is 0 Å². The van der Waals surface area contributed by atoms with Gasteiger partial charge < -0.3 is 26.0 Å². The van der Waals surface area contributed by atoms with E-state index in [1.165, 1.54) is 0 Å². The molecule has 0 aromatic carbocycles. The molecule has 0 aromatic heterocycles. The Labute approximate surface area is 187 Å². The predicted octanol–water partition coefficient (Wildman–Crippen LogP) is -2.26. The maximum absolute atomic E-state index is 13.7. The number of likely N-dealkylation sites (tertiary alicyclic amines) is 1. The lowest BCUT2D eigenvalue weighted by Gasteiger charge is -2.45. The number of fused-ring (bicyclic) bond motifs is 1. The third-order valence-electron chi connectivity index (χ3n) is 7.72. The highest BCUT2D eigenvalue weighted by molar-refractivity contribution is 5.81. The quantitative estimate of drug-likeness (QED) is 0.321. The van der Waals surface area contributed by atoms with Crippen LogP contribution < -0.4 is 27.1 Å². The van der Waals surface area contributed by atoms with Crippen LogP contribution in [0.15, 0.2) is 0 Å². The maximum Gasteiger partial charge on any atom is 0.410 e. The van der Waals surface area contributed by atoms with Gasteiger partial charge in [-0.3, -0.25) is 15.0 Å². The number of hydrogen-bond donors (Lipinski definition) is 5. The molecule has 180 valence electrons. The van der Waals surface area contributed by atoms with Gasteiger partial charge in [0.1, 0.15) is 11.8 Å². The first-order chi connectivity index (χ1) is 15.3. The van der Waals surface area contributed by atoms with E-state index in [1.807, 2.05) is 0 Å². The number of carbonyl (C=O) groups excluding carboxylic acids is 2. The fourth-order valence-electron chi connectivity index (χ4n) is 6.00. The number of amides is 2. The number of carbonyl (C=O) groups is 2. The number of rotatable bonds is 3. The molecule has 5 saturated heterocycles. The number of ether oxygens (including phenoxy) is 1. The summed E-state index contributed by atoms with van der Waals surface area (Å²) in [7, 11) is 1.78. The molecule has 5 aliphatic heterocycles. The van der Waals surface area contributed by atoms with E-state index in [0.29, 0.717) is 13.1 Å². The molecule has 0 radical (unpaired) electrons. The van der Waals surface area contributed by atoms with Crippen LogP contribution in [0.1, 0.15) is 19.3 Å². The van der Waals surface area contributed by atoms with Gasteiger partial charge in [0.05, 0.1) is 30.8 Å². The van der Waals surface area contributed by atoms with E-state index in [9.17, 15) is 14.0 Å². The van der Waals surface area contributed by atoms with Crippen molar-refractivity contribution in [1.82, 2.24) is 36.2 Å². The molecule has 11 nitrogen and oxygen atoms in total. The molecule has 6 unspecified atom stereocenters. The Morgan fingerprint density at radius 2 is 2.09 bits per heavy atom. The first-order valence-corrected chi connectivity index (χ1v) is 11.7. The molecular formula is C20H35FN8O3. The minimum Gasteiger partial charge on any atom is -0.441 e. The first kappa shape index (κ1) is 22.2. The smallest absolute Gasteiger partial charge is 0.410 e. The molecular weight excluding hydrogens is 419 g/mol. The van der Waals surface area contributed by atoms with Gasteiger partial charge in [-0.25, -0.2) is 19.6 Å². The summed E-state index contributed by atoms with van der Waals surface area (Å²) in [5.41, 5.74) is 8.87. The minimum atomic E-state index is -0.985. The molecule has 5 rings (SSSR count). The molecule has 5 heterocycles. The van der Waals surface area contributed by atoms with Gasteiger partial charge in [0.2, 0.25) is 5.91 Å². The van der Waals surface area contributed by atoms with E-state index in [2.05, 4.69) is 26.3 Å². The van der Waals surface area contributed by atoms with E-state index in [-0.39, 0.29) is 48.9 Å². The van der Waals surface area contributed by atoms with Crippen molar-refractivity contribution in [1.29, 1.82) is 0 Å². The van der Waals surface area contributed by atoms with E-state index < -0.39 is 18.3 Å². The largest absolute Gasteiger partial charge is 0.441 e. The van der Waals surface area contributed by atoms with Crippen molar-refractivity contribution in [3.05, 3.63) is 0 Å². The molecule has 12 heteroatoms. The van der Waals surface area contributed by atoms with Crippen LogP contribution in [0, 0.1) is 5.92 Å². The van der Waals surface area contributed by atoms with Crippen molar-refractivity contribution in [2.45, 2.75) is 55.5 Å². The molecule has 0 saturated carbocycles. The molecule has 5 aliphatic rings. The highest BCUT2D eigenvalue weighted by Gasteiger charge is 2.49. The van der Waals surface area contributed by atoms with Crippen LogP contribution >= 0.6 is 0 Å². The Kier molecular flexibility index (Phi) is 6.01. The summed E-state index contributed by atoms with van der Waals surface area (Å²) in [5, 5.41) is 11.5. The van der Waals surface area contributed by atoms with Gasteiger partial charge in [-0.05, 0) is 13.0 Å². The number of halogens is 1. The van der Waals surface area contributed by atoms with Gasteiger partial charge in [-0.2, -0.15) is 0 Å². The van der Waals surface area contributed by atoms with Crippen LogP contribution in [-0.2, 0) is 9.53 Å². The number of hydrazine groups is 1. The van der Waals surface area contributed by atoms with Gasteiger partial charge in [0, 0.05) is 58.7 Å². The number of alkyl halides is 1. The first-order valence-electron chi connectivity index (χ1n) is 11.7. The second-order valence-corrected chi connectivity index (χ2v) is 9.90. The molecule has 2 amide bonds. The number of nitrogens with zero attached hydrogens (tertiary/aromatic N) is 3. The van der Waals surface area contributed by atoms with Crippen LogP contribution in [0.4, 0.5) is 9.18 Å². The van der Waals surface area contributed by atoms with Crippen LogP contribution in [0.3, 0.4) is 0 Å². The lowest BCUT2D eigenvalue weighted by atomic mass is 9.88. The normalized spacial score (nSPS) is 40.3. The van der Waals surface area contributed by atoms with Crippen LogP contribution in [-0.4, -0.2) is 116 Å². The highest BCUT2D eigenvalue weighted by Crippen LogP contribution is 2.34. The molecule has 1 spiro atoms. The van der Waals surface area contributed by atoms with Gasteiger partial charge in [-0.15, -0.1) is 0 Å². The van der Waals surface area contributed by atoms with Crippen LogP contribution in [0.2, 0.25) is 0 Å². The Hall–Kier alpha value is -1.57. The van der Waals surface area contributed by atoms with E-state index in [0.717, 1.165) is 38.9 Å². The number of nitrogens with one attached hydrogen (secondary N) is 4. The van der Waals surface area contributed by atoms with Crippen molar-refractivity contribution in [3.63, 3.8) is 0 Å². The third kappa shape index (κ3) is 4.08. The Morgan fingerprint density at radius 3 is 2.81 bits per heavy atom. The molecule has 0 aliphatic carbocycles. The highest BCUT2D eigenvalue weighted by atomic mass is 19.1. The van der Waals surface area contributed by atoms with Crippen molar-refractivity contribution >= 4 is 12.0 Å². The maximum atomic E-state index is 13.7. The zero-order valence-electron chi connectivity index (χ0n) is 18.6. The summed E-state index contributed by atoms with van der Waals surface area (Å²) >= 11 is 0. The fourth-order valence-corrected chi connectivity index (χ4v) is 6.00. The molecule has 0 aromatic rings. The SMILES string of the molecule is CN1CC2(CCN(C3CCNCC3NC(=O)C3C(N)NN4CC(F)CNC34)CC2)OC1=O. The minimum absolute atomic E-state index is 0.0436. The van der Waals surface area contributed by atoms with Gasteiger partial charge >= 0.3 is 6.09 Å². The average molecular weight is 455 g/mol. The zero-order chi connectivity index (χ0) is 22.5. The Bertz CT molecular complexity index is 736. The van der Waals surface area contributed by atoms with Crippen molar-refractivity contribution in [2.24, 2.45) is 11.7 Å². The van der Waals surface area contributed by atoms with E-state index >= 15 is 0 Å². The lowest BCUT2D eigenvalue weighted by molar-refractivity contribution is -0.128. The Balaban J connectivity index is 1.21. The molecule has 5 fully saturated rings. The third-order valence-corrected chi connectivity index (χ3v) is 7.72. The number of piperidine rings is 2. The predicted molar refractivity (Wildman–Crippen MR) is 114 cm³/mol. The Morgan fingerprint density at radius 1 is 1.31 bits per heavy atom. The summed E-state index contributed by atoms with van der Waals surface area (Å²) < 4.78 is 19.4. The molecule has 6 atom stereocenters. The summed E-state index contributed by atoms with van der Waals surface area (Å²) in [5.74, 6) is -0.607. The van der Waals surface area contributed by atoms with Crippen molar-refractivity contribution in [3.8, 4) is 0 Å². The number of nitrogens with two attached hydrogens (primary N) is 1. The lowest BCUT2D eigenvalue weighted by Crippen LogP contribution is -2.64. The van der Waals surface area contributed by atoms with E-state index in [4.69, 9.17) is 10.5 Å². The second-order valence-electron chi connectivity index (χ2n) is 9.90. The zero-order valence-corrected chi connectivity index (χ0v) is 18.6. The van der Waals surface area contributed by atoms with E-state index in [1.54, 1.807) is 17.0 Å². The van der Waals surface area contributed by atoms with Gasteiger partial charge in [0.25, 0.3) is 0 Å². The second kappa shape index (κ2) is 8.65. The summed E-state index contributed by atoms with van der Waals surface area (Å²) in [6.07, 6.45) is 0.446. The number of likely N-dealkylation sites (N-methyl/N-ethyl adjacent to an activating group) is 1. The standard InChI is InChI=1S/C20H35FN8O3/c1-27-11-20(32-19(27)31)3-6-28(7-4-20)14-2-5-23-9-13(14)25-18(30)15-16(22)26-29-10-12(21)8-24-17(15)29/h12-17,23-24,26H,2-11,22H2,1H3,(H,25,30). The molecule has 6 N–H and O–H groups in total. The molecule has 32 heavy (non-hydrogen) atoms. The van der Waals surface area contributed by atoms with Crippen molar-refractivity contribution < 1.29 is 18.7 Å². The average Bonchev–Trinajstić information content (AvgIpc) is 3.23. The topological polar surface area (TPSA) is 127 Å². The summed E-state index contributed by atoms with van der Waals surface area (Å²) in [4.78, 5) is 29.2. The summed E-state index contributed by atoms with van der Waals surface area (Å²) in [6.45, 7) is 4.34. The fraction of sp³-hybridized carbons (Fsp3) is 0.900. The van der Waals surface area contributed by atoms with Crippen LogP contribution in [0.25, 0.3) is 0 Å². The van der Waals surface area contributed by atoms with Gasteiger partial charge in [-0.1, -0.05) is 0 Å². The van der Waals surface area contributed by atoms with Crippen molar-refractivity contribution in [2.75, 3.05) is 52.9 Å². The monoisotopic (exact) mass is 454 g/mol. The number of hydrogen-bond acceptors (Lipinski definition) is 9. The molecule has 0 bridgehead atoms. The van der Waals surface area contributed by atoms with Gasteiger partial charge in [0.15, 0.2) is 0 Å².